The van der Waals surface area contributed by atoms with Crippen molar-refractivity contribution in [3.05, 3.63) is 17.8 Å². The first-order valence-corrected chi connectivity index (χ1v) is 5.36. The Hall–Kier alpha value is -1.85. The zero-order valence-corrected chi connectivity index (χ0v) is 10.2. The highest BCUT2D eigenvalue weighted by atomic mass is 16.5. The van der Waals surface area contributed by atoms with E-state index in [1.807, 2.05) is 6.92 Å². The van der Waals surface area contributed by atoms with Crippen molar-refractivity contribution in [2.75, 3.05) is 20.2 Å². The molecular weight excluding hydrogens is 224 g/mol. The number of methoxy groups -OCH3 is 1. The number of rotatable bonds is 5. The van der Waals surface area contributed by atoms with Gasteiger partial charge in [0.25, 0.3) is 5.91 Å². The van der Waals surface area contributed by atoms with Crippen LogP contribution >= 0.6 is 0 Å². The van der Waals surface area contributed by atoms with Crippen molar-refractivity contribution in [2.24, 2.45) is 0 Å². The van der Waals surface area contributed by atoms with Crippen LogP contribution in [0.1, 0.15) is 29.6 Å². The number of amides is 1. The second-order valence-corrected chi connectivity index (χ2v) is 3.57. The lowest BCUT2D eigenvalue weighted by atomic mass is 10.3. The summed E-state index contributed by atoms with van der Waals surface area (Å²) in [5.41, 5.74) is 0.515. The Kier molecular flexibility index (Phi) is 4.68. The van der Waals surface area contributed by atoms with Crippen molar-refractivity contribution in [1.82, 2.24) is 9.88 Å². The Morgan fingerprint density at radius 3 is 2.71 bits per heavy atom. The fraction of sp³-hybridized carbons (Fsp3) is 0.545. The third-order valence-electron chi connectivity index (χ3n) is 2.27. The van der Waals surface area contributed by atoms with Gasteiger partial charge in [0.2, 0.25) is 5.76 Å². The lowest BCUT2D eigenvalue weighted by Gasteiger charge is -2.19. The molecule has 0 spiro atoms. The van der Waals surface area contributed by atoms with Gasteiger partial charge in [0.1, 0.15) is 6.54 Å². The van der Waals surface area contributed by atoms with Crippen LogP contribution in [0, 0.1) is 6.92 Å². The van der Waals surface area contributed by atoms with Crippen LogP contribution in [-0.2, 0) is 9.53 Å². The highest BCUT2D eigenvalue weighted by Crippen LogP contribution is 2.09. The van der Waals surface area contributed by atoms with Gasteiger partial charge in [-0.25, -0.2) is 4.98 Å². The summed E-state index contributed by atoms with van der Waals surface area (Å²) in [5, 5.41) is 0. The molecule has 0 saturated carbocycles. The molecule has 0 unspecified atom stereocenters. The standard InChI is InChI=1S/C11H16N2O4/c1-4-5-13(6-9(14)16-3)11(15)10-8(2)12-7-17-10/h7H,4-6H2,1-3H3. The van der Waals surface area contributed by atoms with Gasteiger partial charge in [0.05, 0.1) is 12.8 Å². The van der Waals surface area contributed by atoms with Gasteiger partial charge in [0.15, 0.2) is 6.39 Å². The van der Waals surface area contributed by atoms with Gasteiger partial charge in [-0.3, -0.25) is 9.59 Å². The smallest absolute Gasteiger partial charge is 0.325 e. The van der Waals surface area contributed by atoms with Gasteiger partial charge in [-0.2, -0.15) is 0 Å². The van der Waals surface area contributed by atoms with E-state index in [2.05, 4.69) is 9.72 Å². The van der Waals surface area contributed by atoms with Crippen molar-refractivity contribution >= 4 is 11.9 Å². The number of nitrogens with zero attached hydrogens (tertiary/aromatic N) is 2. The molecule has 94 valence electrons. The van der Waals surface area contributed by atoms with E-state index in [-0.39, 0.29) is 18.2 Å². The first kappa shape index (κ1) is 13.2. The zero-order valence-electron chi connectivity index (χ0n) is 10.2. The fourth-order valence-corrected chi connectivity index (χ4v) is 1.39. The van der Waals surface area contributed by atoms with E-state index in [0.29, 0.717) is 12.2 Å². The van der Waals surface area contributed by atoms with Crippen LogP contribution in [0.25, 0.3) is 0 Å². The number of oxazole rings is 1. The Morgan fingerprint density at radius 2 is 2.24 bits per heavy atom. The normalized spacial score (nSPS) is 10.1. The molecule has 0 aliphatic heterocycles. The van der Waals surface area contributed by atoms with E-state index in [1.54, 1.807) is 6.92 Å². The van der Waals surface area contributed by atoms with E-state index in [4.69, 9.17) is 4.42 Å². The molecule has 1 aromatic heterocycles. The van der Waals surface area contributed by atoms with Crippen LogP contribution in [-0.4, -0.2) is 42.0 Å². The maximum atomic E-state index is 12.1. The average Bonchev–Trinajstić information content (AvgIpc) is 2.73. The van der Waals surface area contributed by atoms with Gasteiger partial charge in [0, 0.05) is 6.54 Å². The molecular formula is C11H16N2O4. The maximum Gasteiger partial charge on any atom is 0.325 e. The molecule has 1 rings (SSSR count). The summed E-state index contributed by atoms with van der Waals surface area (Å²) in [6.45, 7) is 3.99. The molecule has 0 aliphatic carbocycles. The number of ether oxygens (including phenoxy) is 1. The Balaban J connectivity index is 2.80. The first-order chi connectivity index (χ1) is 8.10. The van der Waals surface area contributed by atoms with Crippen molar-refractivity contribution in [1.29, 1.82) is 0 Å². The molecule has 6 nitrogen and oxygen atoms in total. The quantitative estimate of drug-likeness (QED) is 0.718. The van der Waals surface area contributed by atoms with E-state index in [0.717, 1.165) is 6.42 Å². The third kappa shape index (κ3) is 3.30. The largest absolute Gasteiger partial charge is 0.468 e. The molecule has 0 radical (unpaired) electrons. The van der Waals surface area contributed by atoms with Gasteiger partial charge in [-0.1, -0.05) is 6.92 Å². The molecule has 0 aliphatic rings. The monoisotopic (exact) mass is 240 g/mol. The fourth-order valence-electron chi connectivity index (χ4n) is 1.39. The maximum absolute atomic E-state index is 12.1. The highest BCUT2D eigenvalue weighted by Gasteiger charge is 2.23. The van der Waals surface area contributed by atoms with Crippen molar-refractivity contribution in [3.8, 4) is 0 Å². The second-order valence-electron chi connectivity index (χ2n) is 3.57. The minimum atomic E-state index is -0.455. The first-order valence-electron chi connectivity index (χ1n) is 5.36. The second kappa shape index (κ2) is 6.03. The Labute approximate surface area is 99.6 Å². The van der Waals surface area contributed by atoms with Gasteiger partial charge in [-0.15, -0.1) is 0 Å². The van der Waals surface area contributed by atoms with Gasteiger partial charge < -0.3 is 14.1 Å². The van der Waals surface area contributed by atoms with E-state index in [9.17, 15) is 9.59 Å². The van der Waals surface area contributed by atoms with Crippen LogP contribution in [0.3, 0.4) is 0 Å². The molecule has 17 heavy (non-hydrogen) atoms. The number of carbonyl (C=O) groups is 2. The Bertz CT molecular complexity index is 400. The molecule has 6 heteroatoms. The number of carbonyl (C=O) groups excluding carboxylic acids is 2. The topological polar surface area (TPSA) is 72.6 Å². The summed E-state index contributed by atoms with van der Waals surface area (Å²) in [4.78, 5) is 28.5. The van der Waals surface area contributed by atoms with Crippen LogP contribution in [0.4, 0.5) is 0 Å². The summed E-state index contributed by atoms with van der Waals surface area (Å²) in [6, 6.07) is 0. The molecule has 0 saturated heterocycles. The molecule has 1 heterocycles. The number of aryl methyl sites for hydroxylation is 1. The van der Waals surface area contributed by atoms with Crippen LogP contribution in [0.15, 0.2) is 10.8 Å². The molecule has 0 N–H and O–H groups in total. The number of aromatic nitrogens is 1. The summed E-state index contributed by atoms with van der Waals surface area (Å²) in [5.74, 6) is -0.626. The number of hydrogen-bond donors (Lipinski definition) is 0. The predicted molar refractivity (Wildman–Crippen MR) is 59.5 cm³/mol. The molecule has 0 atom stereocenters. The van der Waals surface area contributed by atoms with Crippen LogP contribution in [0.5, 0.6) is 0 Å². The summed E-state index contributed by atoms with van der Waals surface area (Å²) < 4.78 is 9.56. The predicted octanol–water partition coefficient (Wildman–Crippen LogP) is 1.01. The van der Waals surface area contributed by atoms with Crippen molar-refractivity contribution < 1.29 is 18.7 Å². The summed E-state index contributed by atoms with van der Waals surface area (Å²) in [7, 11) is 1.29. The molecule has 1 amide bonds. The van der Waals surface area contributed by atoms with Crippen molar-refractivity contribution in [2.45, 2.75) is 20.3 Å². The molecule has 0 fully saturated rings. The molecule has 0 aromatic carbocycles. The summed E-state index contributed by atoms with van der Waals surface area (Å²) in [6.07, 6.45) is 1.96. The third-order valence-corrected chi connectivity index (χ3v) is 2.27. The molecule has 1 aromatic rings. The van der Waals surface area contributed by atoms with E-state index >= 15 is 0 Å². The minimum absolute atomic E-state index is 0.0800. The van der Waals surface area contributed by atoms with Crippen LogP contribution in [0.2, 0.25) is 0 Å². The van der Waals surface area contributed by atoms with E-state index in [1.165, 1.54) is 18.4 Å². The van der Waals surface area contributed by atoms with Gasteiger partial charge in [-0.05, 0) is 13.3 Å². The Morgan fingerprint density at radius 1 is 1.53 bits per heavy atom. The summed E-state index contributed by atoms with van der Waals surface area (Å²) >= 11 is 0. The lowest BCUT2D eigenvalue weighted by molar-refractivity contribution is -0.141. The lowest BCUT2D eigenvalue weighted by Crippen LogP contribution is -2.36. The van der Waals surface area contributed by atoms with E-state index < -0.39 is 5.97 Å². The van der Waals surface area contributed by atoms with Crippen molar-refractivity contribution in [3.63, 3.8) is 0 Å². The zero-order chi connectivity index (χ0) is 12.8. The van der Waals surface area contributed by atoms with Gasteiger partial charge >= 0.3 is 5.97 Å². The average molecular weight is 240 g/mol. The molecule has 0 bridgehead atoms. The van der Waals surface area contributed by atoms with Crippen LogP contribution < -0.4 is 0 Å². The highest BCUT2D eigenvalue weighted by molar-refractivity contribution is 5.94. The minimum Gasteiger partial charge on any atom is -0.468 e. The number of esters is 1. The number of hydrogen-bond acceptors (Lipinski definition) is 5. The SMILES string of the molecule is CCCN(CC(=O)OC)C(=O)c1ocnc1C.